The second-order valence-corrected chi connectivity index (χ2v) is 17.4. The van der Waals surface area contributed by atoms with Gasteiger partial charge in [-0.3, -0.25) is 10.2 Å². The zero-order valence-corrected chi connectivity index (χ0v) is 41.2. The van der Waals surface area contributed by atoms with E-state index in [1.165, 1.54) is 42.5 Å². The summed E-state index contributed by atoms with van der Waals surface area (Å²) in [6.45, 7) is 11.7. The lowest BCUT2D eigenvalue weighted by Crippen LogP contribution is -2.24. The van der Waals surface area contributed by atoms with E-state index < -0.39 is 6.10 Å². The number of methoxy groups -OCH3 is 1. The molecule has 15 heteroatoms. The molecule has 6 rings (SSSR count). The van der Waals surface area contributed by atoms with Gasteiger partial charge in [0, 0.05) is 54.9 Å². The number of aromatic nitrogens is 4. The highest BCUT2D eigenvalue weighted by Crippen LogP contribution is 2.35. The summed E-state index contributed by atoms with van der Waals surface area (Å²) in [6, 6.07) is 23.0. The molecule has 0 amide bonds. The van der Waals surface area contributed by atoms with Crippen LogP contribution in [0.1, 0.15) is 109 Å². The third kappa shape index (κ3) is 21.5. The minimum atomic E-state index is -0.751. The molecule has 70 heavy (non-hydrogen) atoms. The molecule has 1 unspecified atom stereocenters. The summed E-state index contributed by atoms with van der Waals surface area (Å²) in [4.78, 5) is 4.72. The zero-order chi connectivity index (χ0) is 48.2. The number of aromatic amines is 2. The first-order chi connectivity index (χ1) is 33.3. The number of nitrogens with one attached hydrogen (secondary N) is 2. The van der Waals surface area contributed by atoms with Crippen molar-refractivity contribution in [2.45, 2.75) is 118 Å². The molecule has 0 aliphatic heterocycles. The fraction of sp³-hybridized carbons (Fsp3) is 0.564. The smallest absolute Gasteiger partial charge is 0.122 e. The topological polar surface area (TPSA) is 169 Å². The number of aliphatic hydroxyl groups excluding tert-OH is 2. The van der Waals surface area contributed by atoms with Crippen LogP contribution in [0.2, 0.25) is 0 Å². The van der Waals surface area contributed by atoms with Crippen molar-refractivity contribution < 1.29 is 43.4 Å². The van der Waals surface area contributed by atoms with Gasteiger partial charge in [0.15, 0.2) is 0 Å². The van der Waals surface area contributed by atoms with Crippen molar-refractivity contribution in [2.75, 3.05) is 87.1 Å². The number of nitrogens with zero attached hydrogens (tertiary/aromatic N) is 4. The average Bonchev–Trinajstić information content (AvgIpc) is 4.04. The van der Waals surface area contributed by atoms with E-state index in [0.717, 1.165) is 86.1 Å². The number of hydrogen-bond acceptors (Lipinski definition) is 13. The molecule has 0 radical (unpaired) electrons. The van der Waals surface area contributed by atoms with Crippen LogP contribution in [0.15, 0.2) is 85.2 Å². The molecule has 2 heterocycles. The van der Waals surface area contributed by atoms with E-state index in [4.69, 9.17) is 38.3 Å². The predicted octanol–water partition coefficient (Wildman–Crippen LogP) is 9.95. The van der Waals surface area contributed by atoms with Gasteiger partial charge in [-0.1, -0.05) is 41.5 Å². The Bertz CT molecular complexity index is 2040. The normalized spacial score (nSPS) is 14.8. The molecule has 0 spiro atoms. The van der Waals surface area contributed by atoms with Crippen LogP contribution in [-0.4, -0.2) is 140 Å². The minimum absolute atomic E-state index is 0. The molecule has 1 atom stereocenters. The maximum atomic E-state index is 9.34. The minimum Gasteiger partial charge on any atom is -0.493 e. The second-order valence-electron chi connectivity index (χ2n) is 17.4. The maximum Gasteiger partial charge on any atom is 0.122 e. The summed E-state index contributed by atoms with van der Waals surface area (Å²) in [5.74, 6) is 4.40. The maximum absolute atomic E-state index is 9.34. The number of aliphatic hydroxyl groups is 2. The molecule has 1 fully saturated rings. The monoisotopic (exact) mass is 975 g/mol. The summed E-state index contributed by atoms with van der Waals surface area (Å²) in [7, 11) is 6.00. The molecule has 0 bridgehead atoms. The van der Waals surface area contributed by atoms with Crippen LogP contribution in [0.25, 0.3) is 11.3 Å². The van der Waals surface area contributed by atoms with Gasteiger partial charge in [-0.05, 0) is 139 Å². The van der Waals surface area contributed by atoms with E-state index in [1.54, 1.807) is 7.11 Å². The van der Waals surface area contributed by atoms with Gasteiger partial charge in [0.05, 0.1) is 56.7 Å². The molecule has 390 valence electrons. The Morgan fingerprint density at radius 3 is 1.54 bits per heavy atom. The molecule has 1 aliphatic rings. The van der Waals surface area contributed by atoms with E-state index in [1.807, 2.05) is 85.2 Å². The highest BCUT2D eigenvalue weighted by Gasteiger charge is 2.26. The summed E-state index contributed by atoms with van der Waals surface area (Å²) in [5.41, 5.74) is 5.99. The third-order valence-electron chi connectivity index (χ3n) is 11.8. The second kappa shape index (κ2) is 34.2. The number of benzene rings is 3. The van der Waals surface area contributed by atoms with Gasteiger partial charge in [0.2, 0.25) is 0 Å². The van der Waals surface area contributed by atoms with Crippen molar-refractivity contribution in [1.29, 1.82) is 0 Å². The third-order valence-corrected chi connectivity index (χ3v) is 11.8. The van der Waals surface area contributed by atoms with Gasteiger partial charge in [-0.15, -0.1) is 0 Å². The lowest BCUT2D eigenvalue weighted by Gasteiger charge is -2.29. The molecular formula is C55H86N6O9. The Hall–Kier alpha value is -5.16. The Kier molecular flexibility index (Phi) is 28.9. The summed E-state index contributed by atoms with van der Waals surface area (Å²) < 4.78 is 39.6. The first kappa shape index (κ1) is 59.2. The van der Waals surface area contributed by atoms with E-state index >= 15 is 0 Å². The Balaban J connectivity index is 0.000000361. The first-order valence-corrected chi connectivity index (χ1v) is 24.5. The van der Waals surface area contributed by atoms with Gasteiger partial charge in [-0.2, -0.15) is 10.2 Å². The van der Waals surface area contributed by atoms with Gasteiger partial charge < -0.3 is 53.2 Å². The van der Waals surface area contributed by atoms with Crippen LogP contribution in [0.3, 0.4) is 0 Å². The molecule has 4 N–H and O–H groups in total. The predicted molar refractivity (Wildman–Crippen MR) is 279 cm³/mol. The molecule has 5 aromatic rings. The Morgan fingerprint density at radius 2 is 1.04 bits per heavy atom. The lowest BCUT2D eigenvalue weighted by atomic mass is 9.84. The largest absolute Gasteiger partial charge is 0.493 e. The van der Waals surface area contributed by atoms with E-state index in [9.17, 15) is 5.11 Å². The van der Waals surface area contributed by atoms with Crippen LogP contribution < -0.4 is 23.7 Å². The molecule has 3 aromatic carbocycles. The van der Waals surface area contributed by atoms with Crippen LogP contribution in [0.4, 0.5) is 0 Å². The number of H-pyrrole nitrogens is 2. The van der Waals surface area contributed by atoms with Crippen molar-refractivity contribution in [3.8, 4) is 40.0 Å². The molecular weight excluding hydrogens is 889 g/mol. The number of rotatable bonds is 31. The van der Waals surface area contributed by atoms with Gasteiger partial charge in [0.1, 0.15) is 55.2 Å². The summed E-state index contributed by atoms with van der Waals surface area (Å²) in [6.07, 6.45) is 13.2. The van der Waals surface area contributed by atoms with Crippen LogP contribution in [-0.2, 0) is 22.6 Å². The number of unbranched alkanes of at least 4 members (excludes halogenated alkanes) is 2. The van der Waals surface area contributed by atoms with E-state index in [2.05, 4.69) is 58.1 Å². The van der Waals surface area contributed by atoms with Crippen LogP contribution >= 0.6 is 0 Å². The highest BCUT2D eigenvalue weighted by atomic mass is 16.5. The SMILES string of the molecule is C.C.CCCCN(C)Cc1cn[nH]c1-c1ccc(OCCOc2ccc(OCCC(O)CO)cc2)cc1.CCCCN(C)Cc1cn[nH]c1C1CCC(OCCOc2ccc(OCCOC)cc2)CC1. The zero-order valence-electron chi connectivity index (χ0n) is 41.2. The van der Waals surface area contributed by atoms with Gasteiger partial charge >= 0.3 is 0 Å². The quantitative estimate of drug-likeness (QED) is 0.0310. The number of hydrogen-bond donors (Lipinski definition) is 4. The summed E-state index contributed by atoms with van der Waals surface area (Å²) >= 11 is 0. The Labute approximate surface area is 419 Å². The number of ether oxygens (including phenoxy) is 7. The van der Waals surface area contributed by atoms with E-state index in [-0.39, 0.29) is 21.5 Å². The highest BCUT2D eigenvalue weighted by molar-refractivity contribution is 5.63. The molecule has 1 aliphatic carbocycles. The van der Waals surface area contributed by atoms with Crippen LogP contribution in [0.5, 0.6) is 28.7 Å². The van der Waals surface area contributed by atoms with Gasteiger partial charge in [0.25, 0.3) is 0 Å². The van der Waals surface area contributed by atoms with Crippen molar-refractivity contribution in [3.63, 3.8) is 0 Å². The van der Waals surface area contributed by atoms with Crippen LogP contribution in [0, 0.1) is 0 Å². The van der Waals surface area contributed by atoms with Crippen molar-refractivity contribution in [2.24, 2.45) is 0 Å². The Morgan fingerprint density at radius 1 is 0.600 bits per heavy atom. The lowest BCUT2D eigenvalue weighted by molar-refractivity contribution is 0.00948. The fourth-order valence-corrected chi connectivity index (χ4v) is 7.92. The molecule has 1 saturated carbocycles. The molecule has 0 saturated heterocycles. The first-order valence-electron chi connectivity index (χ1n) is 24.5. The van der Waals surface area contributed by atoms with Gasteiger partial charge in [-0.25, -0.2) is 0 Å². The fourth-order valence-electron chi connectivity index (χ4n) is 7.92. The standard InChI is InChI=1S/C27H37N3O5.C26H41N3O4.2CH4/c1-3-4-14-30(2)19-22-18-28-29-27(22)21-5-7-24(8-6-21)34-16-17-35-26-11-9-25(10-12-26)33-15-13-23(32)20-31;1-4-5-14-29(2)20-22-19-27-28-26(22)21-6-8-23(9-7-21)32-17-18-33-25-12-10-24(11-13-25)31-16-15-30-3;;/h5-12,18,23,31-32H,3-4,13-17,19-20H2,1-2H3,(H,28,29);10-13,19,21,23H,4-9,14-18,20H2,1-3H3,(H,27,28);2*1H4. The van der Waals surface area contributed by atoms with Crippen molar-refractivity contribution in [3.05, 3.63) is 102 Å². The molecule has 15 nitrogen and oxygen atoms in total. The van der Waals surface area contributed by atoms with Crippen molar-refractivity contribution >= 4 is 0 Å². The summed E-state index contributed by atoms with van der Waals surface area (Å²) in [5, 5.41) is 33.2. The van der Waals surface area contributed by atoms with Crippen molar-refractivity contribution in [1.82, 2.24) is 30.2 Å². The van der Waals surface area contributed by atoms with E-state index in [0.29, 0.717) is 70.4 Å². The molecule has 2 aromatic heterocycles. The average molecular weight is 975 g/mol.